The van der Waals surface area contributed by atoms with Crippen LogP contribution in [0.15, 0.2) is 0 Å². The van der Waals surface area contributed by atoms with Crippen molar-refractivity contribution in [3.05, 3.63) is 0 Å². The van der Waals surface area contributed by atoms with E-state index in [4.69, 9.17) is 0 Å². The molecule has 0 radical (unpaired) electrons. The Morgan fingerprint density at radius 1 is 1.50 bits per heavy atom. The van der Waals surface area contributed by atoms with Crippen LogP contribution in [-0.4, -0.2) is 12.1 Å². The molecule has 1 nitrogen and oxygen atoms in total. The van der Waals surface area contributed by atoms with Gasteiger partial charge in [0.05, 0.1) is 0 Å². The van der Waals surface area contributed by atoms with E-state index in [1.54, 1.807) is 0 Å². The van der Waals surface area contributed by atoms with Crippen LogP contribution in [0, 0.1) is 5.92 Å². The molecule has 0 aromatic heterocycles. The Labute approximate surface area is 50.5 Å². The van der Waals surface area contributed by atoms with Gasteiger partial charge in [0.2, 0.25) is 0 Å². The first-order valence-electron chi connectivity index (χ1n) is 3.68. The molecule has 0 spiro atoms. The molecule has 3 atom stereocenters. The molecule has 46 valence electrons. The van der Waals surface area contributed by atoms with Crippen LogP contribution in [-0.2, 0) is 0 Å². The van der Waals surface area contributed by atoms with Gasteiger partial charge in [0.1, 0.15) is 0 Å². The normalized spacial score (nSPS) is 51.4. The number of piperidine rings is 1. The highest BCUT2D eigenvalue weighted by molar-refractivity contribution is 5.07. The summed E-state index contributed by atoms with van der Waals surface area (Å²) in [4.78, 5) is 0. The fraction of sp³-hybridized carbons (Fsp3) is 1.00. The first kappa shape index (κ1) is 4.80. The van der Waals surface area contributed by atoms with E-state index in [2.05, 4.69) is 12.2 Å². The standard InChI is InChI=1S/C7H13N/c1-2-5-3-4-6-7(5)8-6/h5-8H,2-4H2,1H3. The lowest BCUT2D eigenvalue weighted by atomic mass is 10.0. The van der Waals surface area contributed by atoms with Crippen molar-refractivity contribution in [2.24, 2.45) is 5.92 Å². The maximum Gasteiger partial charge on any atom is 0.0252 e. The Morgan fingerprint density at radius 3 is 2.62 bits per heavy atom. The third kappa shape index (κ3) is 0.510. The Hall–Kier alpha value is -0.0400. The summed E-state index contributed by atoms with van der Waals surface area (Å²) < 4.78 is 0. The van der Waals surface area contributed by atoms with Gasteiger partial charge >= 0.3 is 0 Å². The molecule has 1 aliphatic heterocycles. The average Bonchev–Trinajstić information content (AvgIpc) is 2.46. The third-order valence-electron chi connectivity index (χ3n) is 2.61. The highest BCUT2D eigenvalue weighted by Gasteiger charge is 2.46. The Balaban J connectivity index is 1.97. The van der Waals surface area contributed by atoms with Crippen LogP contribution in [0.2, 0.25) is 0 Å². The van der Waals surface area contributed by atoms with E-state index in [0.717, 1.165) is 18.0 Å². The minimum absolute atomic E-state index is 0.944. The molecular weight excluding hydrogens is 98.1 g/mol. The van der Waals surface area contributed by atoms with Gasteiger partial charge in [-0.3, -0.25) is 0 Å². The van der Waals surface area contributed by atoms with Crippen LogP contribution in [0.5, 0.6) is 0 Å². The summed E-state index contributed by atoms with van der Waals surface area (Å²) in [5.74, 6) is 1.03. The Kier molecular flexibility index (Phi) is 0.884. The Morgan fingerprint density at radius 2 is 2.38 bits per heavy atom. The van der Waals surface area contributed by atoms with Gasteiger partial charge in [0.25, 0.3) is 0 Å². The molecule has 1 N–H and O–H groups in total. The zero-order chi connectivity index (χ0) is 5.56. The van der Waals surface area contributed by atoms with Crippen LogP contribution < -0.4 is 5.32 Å². The molecule has 2 rings (SSSR count). The number of hydrogen-bond acceptors (Lipinski definition) is 1. The van der Waals surface area contributed by atoms with Gasteiger partial charge in [-0.25, -0.2) is 0 Å². The van der Waals surface area contributed by atoms with Crippen molar-refractivity contribution in [1.82, 2.24) is 5.32 Å². The maximum atomic E-state index is 3.47. The number of fused-ring (bicyclic) bond motifs is 1. The minimum atomic E-state index is 0.944. The minimum Gasteiger partial charge on any atom is -0.308 e. The molecule has 3 unspecified atom stereocenters. The SMILES string of the molecule is CCC1CCC2NC12. The number of nitrogens with one attached hydrogen (secondary N) is 1. The smallest absolute Gasteiger partial charge is 0.0252 e. The second-order valence-corrected chi connectivity index (χ2v) is 3.04. The van der Waals surface area contributed by atoms with Gasteiger partial charge in [-0.1, -0.05) is 13.3 Å². The molecule has 8 heavy (non-hydrogen) atoms. The van der Waals surface area contributed by atoms with Crippen molar-refractivity contribution in [3.8, 4) is 0 Å². The second-order valence-electron chi connectivity index (χ2n) is 3.04. The molecule has 2 aliphatic rings. The largest absolute Gasteiger partial charge is 0.308 e. The van der Waals surface area contributed by atoms with Crippen molar-refractivity contribution >= 4 is 0 Å². The highest BCUT2D eigenvalue weighted by atomic mass is 15.2. The lowest BCUT2D eigenvalue weighted by molar-refractivity contribution is 0.494. The van der Waals surface area contributed by atoms with Crippen LogP contribution >= 0.6 is 0 Å². The predicted octanol–water partition coefficient (Wildman–Crippen LogP) is 1.15. The van der Waals surface area contributed by atoms with Gasteiger partial charge in [0.15, 0.2) is 0 Å². The molecule has 1 saturated heterocycles. The van der Waals surface area contributed by atoms with Crippen molar-refractivity contribution in [1.29, 1.82) is 0 Å². The van der Waals surface area contributed by atoms with Crippen LogP contribution in [0.1, 0.15) is 26.2 Å². The summed E-state index contributed by atoms with van der Waals surface area (Å²) in [6.07, 6.45) is 4.32. The van der Waals surface area contributed by atoms with E-state index >= 15 is 0 Å². The van der Waals surface area contributed by atoms with Gasteiger partial charge in [-0.2, -0.15) is 0 Å². The third-order valence-corrected chi connectivity index (χ3v) is 2.61. The monoisotopic (exact) mass is 111 g/mol. The lowest BCUT2D eigenvalue weighted by Crippen LogP contribution is -2.05. The lowest BCUT2D eigenvalue weighted by Gasteiger charge is -2.04. The van der Waals surface area contributed by atoms with Crippen LogP contribution in [0.3, 0.4) is 0 Å². The van der Waals surface area contributed by atoms with E-state index in [1.807, 2.05) is 0 Å². The molecular formula is C7H13N. The van der Waals surface area contributed by atoms with E-state index in [0.29, 0.717) is 0 Å². The summed E-state index contributed by atoms with van der Waals surface area (Å²) in [5.41, 5.74) is 0. The fourth-order valence-corrected chi connectivity index (χ4v) is 1.95. The van der Waals surface area contributed by atoms with Crippen molar-refractivity contribution < 1.29 is 0 Å². The highest BCUT2D eigenvalue weighted by Crippen LogP contribution is 2.37. The molecule has 0 amide bonds. The van der Waals surface area contributed by atoms with Gasteiger partial charge in [0, 0.05) is 12.1 Å². The quantitative estimate of drug-likeness (QED) is 0.504. The van der Waals surface area contributed by atoms with E-state index in [-0.39, 0.29) is 0 Å². The zero-order valence-corrected chi connectivity index (χ0v) is 5.35. The van der Waals surface area contributed by atoms with Gasteiger partial charge in [-0.15, -0.1) is 0 Å². The summed E-state index contributed by atoms with van der Waals surface area (Å²) in [5, 5.41) is 3.47. The molecule has 1 saturated carbocycles. The predicted molar refractivity (Wildman–Crippen MR) is 33.7 cm³/mol. The molecule has 1 heteroatoms. The zero-order valence-electron chi connectivity index (χ0n) is 5.35. The Bertz CT molecular complexity index is 101. The molecule has 2 fully saturated rings. The molecule has 1 aliphatic carbocycles. The van der Waals surface area contributed by atoms with Crippen LogP contribution in [0.25, 0.3) is 0 Å². The molecule has 1 heterocycles. The molecule has 0 aromatic carbocycles. The van der Waals surface area contributed by atoms with Crippen LogP contribution in [0.4, 0.5) is 0 Å². The van der Waals surface area contributed by atoms with Crippen molar-refractivity contribution in [2.45, 2.75) is 38.3 Å². The summed E-state index contributed by atoms with van der Waals surface area (Å²) >= 11 is 0. The number of hydrogen-bond donors (Lipinski definition) is 1. The summed E-state index contributed by atoms with van der Waals surface area (Å²) in [7, 11) is 0. The molecule has 0 bridgehead atoms. The van der Waals surface area contributed by atoms with Crippen molar-refractivity contribution in [3.63, 3.8) is 0 Å². The maximum absolute atomic E-state index is 3.47. The van der Waals surface area contributed by atoms with E-state index in [1.165, 1.54) is 19.3 Å². The van der Waals surface area contributed by atoms with Crippen molar-refractivity contribution in [2.75, 3.05) is 0 Å². The number of rotatable bonds is 1. The first-order valence-corrected chi connectivity index (χ1v) is 3.68. The van der Waals surface area contributed by atoms with E-state index < -0.39 is 0 Å². The summed E-state index contributed by atoms with van der Waals surface area (Å²) in [6.45, 7) is 2.30. The van der Waals surface area contributed by atoms with Gasteiger partial charge < -0.3 is 5.32 Å². The van der Waals surface area contributed by atoms with Gasteiger partial charge in [-0.05, 0) is 18.8 Å². The fourth-order valence-electron chi connectivity index (χ4n) is 1.95. The first-order chi connectivity index (χ1) is 3.92. The average molecular weight is 111 g/mol. The second kappa shape index (κ2) is 1.47. The summed E-state index contributed by atoms with van der Waals surface area (Å²) in [6, 6.07) is 1.89. The topological polar surface area (TPSA) is 21.9 Å². The van der Waals surface area contributed by atoms with E-state index in [9.17, 15) is 0 Å². The molecule has 0 aromatic rings.